The van der Waals surface area contributed by atoms with Crippen molar-refractivity contribution in [3.63, 3.8) is 0 Å². The van der Waals surface area contributed by atoms with E-state index in [1.54, 1.807) is 6.07 Å². The number of amides is 1. The minimum atomic E-state index is -0.162. The number of hydrogen-bond donors (Lipinski definition) is 1. The third-order valence-corrected chi connectivity index (χ3v) is 4.59. The molecule has 0 aliphatic rings. The molecular formula is C22H23N3O2. The van der Waals surface area contributed by atoms with Crippen LogP contribution >= 0.6 is 0 Å². The van der Waals surface area contributed by atoms with E-state index in [2.05, 4.69) is 10.4 Å². The van der Waals surface area contributed by atoms with Crippen molar-refractivity contribution in [1.29, 1.82) is 0 Å². The maximum Gasteiger partial charge on any atom is 0.266 e. The van der Waals surface area contributed by atoms with Crippen molar-refractivity contribution in [1.82, 2.24) is 9.78 Å². The molecule has 0 fully saturated rings. The third kappa shape index (κ3) is 4.70. The summed E-state index contributed by atoms with van der Waals surface area (Å²) in [5.41, 5.74) is 4.58. The van der Waals surface area contributed by atoms with Gasteiger partial charge in [-0.25, -0.2) is 4.68 Å². The number of carbonyl (C=O) groups is 1. The van der Waals surface area contributed by atoms with Gasteiger partial charge in [-0.2, -0.15) is 5.10 Å². The quantitative estimate of drug-likeness (QED) is 0.723. The highest BCUT2D eigenvalue weighted by atomic mass is 16.1. The lowest BCUT2D eigenvalue weighted by atomic mass is 10.1. The molecule has 2 aromatic carbocycles. The Morgan fingerprint density at radius 3 is 2.56 bits per heavy atom. The molecule has 0 atom stereocenters. The second kappa shape index (κ2) is 8.45. The highest BCUT2D eigenvalue weighted by Gasteiger charge is 2.08. The van der Waals surface area contributed by atoms with Crippen LogP contribution in [-0.2, 0) is 11.3 Å². The molecule has 1 heterocycles. The largest absolute Gasteiger partial charge is 0.326 e. The molecule has 0 saturated heterocycles. The lowest BCUT2D eigenvalue weighted by Crippen LogP contribution is -2.23. The van der Waals surface area contributed by atoms with E-state index >= 15 is 0 Å². The van der Waals surface area contributed by atoms with Crippen LogP contribution in [0.25, 0.3) is 11.3 Å². The summed E-state index contributed by atoms with van der Waals surface area (Å²) < 4.78 is 1.42. The molecule has 0 unspecified atom stereocenters. The molecule has 138 valence electrons. The molecule has 0 aliphatic carbocycles. The van der Waals surface area contributed by atoms with Crippen LogP contribution < -0.4 is 10.9 Å². The summed E-state index contributed by atoms with van der Waals surface area (Å²) in [5, 5.41) is 7.36. The Hall–Kier alpha value is -3.21. The summed E-state index contributed by atoms with van der Waals surface area (Å²) in [6.07, 6.45) is 0.874. The van der Waals surface area contributed by atoms with Crippen molar-refractivity contribution < 1.29 is 4.79 Å². The SMILES string of the molecule is Cc1cccc(NC(=O)CCCn2nc(-c3ccccc3)ccc2=O)c1C. The number of aromatic nitrogens is 2. The Balaban J connectivity index is 1.61. The fourth-order valence-electron chi connectivity index (χ4n) is 2.86. The van der Waals surface area contributed by atoms with Crippen LogP contribution in [0.4, 0.5) is 5.69 Å². The zero-order valence-electron chi connectivity index (χ0n) is 15.6. The van der Waals surface area contributed by atoms with Gasteiger partial charge in [0.15, 0.2) is 0 Å². The molecular weight excluding hydrogens is 338 g/mol. The highest BCUT2D eigenvalue weighted by molar-refractivity contribution is 5.91. The second-order valence-electron chi connectivity index (χ2n) is 6.55. The average Bonchev–Trinajstić information content (AvgIpc) is 2.67. The molecule has 27 heavy (non-hydrogen) atoms. The van der Waals surface area contributed by atoms with Crippen molar-refractivity contribution >= 4 is 11.6 Å². The van der Waals surface area contributed by atoms with Crippen LogP contribution in [-0.4, -0.2) is 15.7 Å². The van der Waals surface area contributed by atoms with E-state index in [1.165, 1.54) is 10.7 Å². The molecule has 5 heteroatoms. The fourth-order valence-corrected chi connectivity index (χ4v) is 2.86. The molecule has 5 nitrogen and oxygen atoms in total. The van der Waals surface area contributed by atoms with Crippen LogP contribution in [0, 0.1) is 13.8 Å². The average molecular weight is 361 g/mol. The van der Waals surface area contributed by atoms with Gasteiger partial charge in [-0.05, 0) is 43.5 Å². The molecule has 1 aromatic heterocycles. The van der Waals surface area contributed by atoms with Crippen molar-refractivity contribution in [2.45, 2.75) is 33.2 Å². The minimum absolute atomic E-state index is 0.0593. The van der Waals surface area contributed by atoms with Gasteiger partial charge in [0.25, 0.3) is 5.56 Å². The number of nitrogens with zero attached hydrogens (tertiary/aromatic N) is 2. The van der Waals surface area contributed by atoms with E-state index in [4.69, 9.17) is 0 Å². The zero-order chi connectivity index (χ0) is 19.2. The van der Waals surface area contributed by atoms with Gasteiger partial charge in [0.2, 0.25) is 5.91 Å². The van der Waals surface area contributed by atoms with E-state index in [0.717, 1.165) is 28.1 Å². The minimum Gasteiger partial charge on any atom is -0.326 e. The number of aryl methyl sites for hydroxylation is 2. The van der Waals surface area contributed by atoms with Crippen LogP contribution in [0.15, 0.2) is 65.5 Å². The fraction of sp³-hybridized carbons (Fsp3) is 0.227. The van der Waals surface area contributed by atoms with Gasteiger partial charge in [0.1, 0.15) is 0 Å². The lowest BCUT2D eigenvalue weighted by molar-refractivity contribution is -0.116. The molecule has 0 spiro atoms. The smallest absolute Gasteiger partial charge is 0.266 e. The number of nitrogens with one attached hydrogen (secondary N) is 1. The summed E-state index contributed by atoms with van der Waals surface area (Å²) in [5.74, 6) is -0.0593. The molecule has 0 aliphatic heterocycles. The van der Waals surface area contributed by atoms with Crippen molar-refractivity contribution in [3.8, 4) is 11.3 Å². The number of anilines is 1. The van der Waals surface area contributed by atoms with E-state index < -0.39 is 0 Å². The van der Waals surface area contributed by atoms with Crippen molar-refractivity contribution in [2.75, 3.05) is 5.32 Å². The van der Waals surface area contributed by atoms with E-state index in [0.29, 0.717) is 19.4 Å². The first-order valence-electron chi connectivity index (χ1n) is 9.04. The van der Waals surface area contributed by atoms with Crippen LogP contribution in [0.3, 0.4) is 0 Å². The summed E-state index contributed by atoms with van der Waals surface area (Å²) in [6, 6.07) is 18.8. The Morgan fingerprint density at radius 2 is 1.78 bits per heavy atom. The van der Waals surface area contributed by atoms with Gasteiger partial charge in [-0.3, -0.25) is 9.59 Å². The second-order valence-corrected chi connectivity index (χ2v) is 6.55. The maximum atomic E-state index is 12.2. The number of rotatable bonds is 6. The summed E-state index contributed by atoms with van der Waals surface area (Å²) >= 11 is 0. The van der Waals surface area contributed by atoms with E-state index in [-0.39, 0.29) is 11.5 Å². The molecule has 3 rings (SSSR count). The van der Waals surface area contributed by atoms with E-state index in [1.807, 2.05) is 62.4 Å². The molecule has 1 N–H and O–H groups in total. The standard InChI is InChI=1S/C22H23N3O2/c1-16-8-6-11-19(17(16)2)23-21(26)12-7-15-25-22(27)14-13-20(24-25)18-9-4-3-5-10-18/h3-6,8-11,13-14H,7,12,15H2,1-2H3,(H,23,26). The first-order valence-corrected chi connectivity index (χ1v) is 9.04. The first kappa shape index (κ1) is 18.6. The monoisotopic (exact) mass is 361 g/mol. The van der Waals surface area contributed by atoms with Gasteiger partial charge in [-0.1, -0.05) is 42.5 Å². The van der Waals surface area contributed by atoms with Gasteiger partial charge in [-0.15, -0.1) is 0 Å². The Morgan fingerprint density at radius 1 is 1.00 bits per heavy atom. The van der Waals surface area contributed by atoms with Crippen LogP contribution in [0.2, 0.25) is 0 Å². The van der Waals surface area contributed by atoms with E-state index in [9.17, 15) is 9.59 Å². The van der Waals surface area contributed by atoms with Gasteiger partial charge in [0.05, 0.1) is 5.69 Å². The lowest BCUT2D eigenvalue weighted by Gasteiger charge is -2.11. The summed E-state index contributed by atoms with van der Waals surface area (Å²) in [7, 11) is 0. The number of benzene rings is 2. The normalized spacial score (nSPS) is 10.6. The predicted molar refractivity (Wildman–Crippen MR) is 108 cm³/mol. The molecule has 0 saturated carbocycles. The van der Waals surface area contributed by atoms with Gasteiger partial charge in [0, 0.05) is 30.3 Å². The molecule has 0 bridgehead atoms. The Labute approximate surface area is 158 Å². The summed E-state index contributed by atoms with van der Waals surface area (Å²) in [4.78, 5) is 24.3. The van der Waals surface area contributed by atoms with Crippen molar-refractivity contribution in [2.24, 2.45) is 0 Å². The molecule has 0 radical (unpaired) electrons. The third-order valence-electron chi connectivity index (χ3n) is 4.59. The predicted octanol–water partition coefficient (Wildman–Crippen LogP) is 3.95. The zero-order valence-corrected chi connectivity index (χ0v) is 15.6. The Kier molecular flexibility index (Phi) is 5.81. The van der Waals surface area contributed by atoms with Crippen molar-refractivity contribution in [3.05, 3.63) is 82.1 Å². The highest BCUT2D eigenvalue weighted by Crippen LogP contribution is 2.18. The Bertz CT molecular complexity index is 994. The maximum absolute atomic E-state index is 12.2. The summed E-state index contributed by atoms with van der Waals surface area (Å²) in [6.45, 7) is 4.41. The number of hydrogen-bond acceptors (Lipinski definition) is 3. The van der Waals surface area contributed by atoms with Crippen LogP contribution in [0.1, 0.15) is 24.0 Å². The topological polar surface area (TPSA) is 64.0 Å². The number of carbonyl (C=O) groups excluding carboxylic acids is 1. The van der Waals surface area contributed by atoms with Crippen LogP contribution in [0.5, 0.6) is 0 Å². The first-order chi connectivity index (χ1) is 13.0. The van der Waals surface area contributed by atoms with Gasteiger partial charge < -0.3 is 5.32 Å². The molecule has 1 amide bonds. The molecule has 3 aromatic rings. The van der Waals surface area contributed by atoms with Gasteiger partial charge >= 0.3 is 0 Å².